The summed E-state index contributed by atoms with van der Waals surface area (Å²) >= 11 is 0. The Morgan fingerprint density at radius 2 is 1.78 bits per heavy atom. The molecule has 2 aromatic carbocycles. The number of rotatable bonds is 3. The van der Waals surface area contributed by atoms with Gasteiger partial charge in [0.25, 0.3) is 5.69 Å². The van der Waals surface area contributed by atoms with Gasteiger partial charge in [0.2, 0.25) is 0 Å². The molecule has 1 aromatic heterocycles. The largest absolute Gasteiger partial charge is 0.423 e. The summed E-state index contributed by atoms with van der Waals surface area (Å²) in [5.41, 5.74) is -0.822. The molecule has 0 amide bonds. The normalized spacial score (nSPS) is 10.4. The second-order valence-electron chi connectivity index (χ2n) is 4.63. The van der Waals surface area contributed by atoms with Crippen molar-refractivity contribution in [2.24, 2.45) is 0 Å². The summed E-state index contributed by atoms with van der Waals surface area (Å²) in [6.07, 6.45) is 0. The van der Waals surface area contributed by atoms with Gasteiger partial charge >= 0.3 is 11.6 Å². The summed E-state index contributed by atoms with van der Waals surface area (Å²) < 4.78 is 10.1. The fourth-order valence-corrected chi connectivity index (χ4v) is 2.00. The SMILES string of the molecule is O=C(Oc1ccc([N+](=O)[O-])cc1)c1cc2ccccc2oc1=O. The molecule has 0 atom stereocenters. The lowest BCUT2D eigenvalue weighted by molar-refractivity contribution is -0.384. The number of para-hydroxylation sites is 1. The minimum atomic E-state index is -0.890. The van der Waals surface area contributed by atoms with E-state index in [-0.39, 0.29) is 17.0 Å². The average molecular weight is 311 g/mol. The number of non-ortho nitro benzene ring substituents is 1. The third kappa shape index (κ3) is 2.93. The van der Waals surface area contributed by atoms with E-state index in [0.29, 0.717) is 11.0 Å². The number of carbonyl (C=O) groups excluding carboxylic acids is 1. The third-order valence-corrected chi connectivity index (χ3v) is 3.12. The van der Waals surface area contributed by atoms with Crippen LogP contribution in [0.1, 0.15) is 10.4 Å². The molecule has 0 radical (unpaired) electrons. The maximum atomic E-state index is 12.1. The lowest BCUT2D eigenvalue weighted by Crippen LogP contribution is -2.18. The molecule has 0 spiro atoms. The van der Waals surface area contributed by atoms with E-state index in [0.717, 1.165) is 0 Å². The highest BCUT2D eigenvalue weighted by atomic mass is 16.6. The number of nitro benzene ring substituents is 1. The van der Waals surface area contributed by atoms with Crippen molar-refractivity contribution >= 4 is 22.6 Å². The summed E-state index contributed by atoms with van der Waals surface area (Å²) in [7, 11) is 0. The monoisotopic (exact) mass is 311 g/mol. The van der Waals surface area contributed by atoms with Crippen LogP contribution in [0.5, 0.6) is 5.75 Å². The van der Waals surface area contributed by atoms with Gasteiger partial charge in [0.15, 0.2) is 0 Å². The van der Waals surface area contributed by atoms with Crippen molar-refractivity contribution in [1.82, 2.24) is 0 Å². The number of fused-ring (bicyclic) bond motifs is 1. The molecule has 1 heterocycles. The molecule has 0 saturated carbocycles. The van der Waals surface area contributed by atoms with Crippen LogP contribution >= 0.6 is 0 Å². The zero-order valence-corrected chi connectivity index (χ0v) is 11.6. The Bertz CT molecular complexity index is 958. The fourth-order valence-electron chi connectivity index (χ4n) is 2.00. The molecule has 0 unspecified atom stereocenters. The molecule has 114 valence electrons. The Hall–Kier alpha value is -3.48. The van der Waals surface area contributed by atoms with E-state index in [2.05, 4.69) is 0 Å². The first kappa shape index (κ1) is 14.5. The van der Waals surface area contributed by atoms with Gasteiger partial charge in [0.1, 0.15) is 16.9 Å². The quantitative estimate of drug-likeness (QED) is 0.242. The number of esters is 1. The highest BCUT2D eigenvalue weighted by Gasteiger charge is 2.16. The molecule has 7 heteroatoms. The van der Waals surface area contributed by atoms with Crippen LogP contribution in [-0.4, -0.2) is 10.9 Å². The Kier molecular flexibility index (Phi) is 3.60. The van der Waals surface area contributed by atoms with Crippen LogP contribution in [0.25, 0.3) is 11.0 Å². The van der Waals surface area contributed by atoms with Crippen LogP contribution in [0.4, 0.5) is 5.69 Å². The predicted molar refractivity (Wildman–Crippen MR) is 80.5 cm³/mol. The van der Waals surface area contributed by atoms with Gasteiger partial charge < -0.3 is 9.15 Å². The molecule has 0 bridgehead atoms. The van der Waals surface area contributed by atoms with Crippen LogP contribution < -0.4 is 10.4 Å². The van der Waals surface area contributed by atoms with Gasteiger partial charge in [0, 0.05) is 17.5 Å². The van der Waals surface area contributed by atoms with Crippen molar-refractivity contribution < 1.29 is 18.9 Å². The molecule has 3 aromatic rings. The molecule has 0 aliphatic rings. The van der Waals surface area contributed by atoms with Crippen molar-refractivity contribution in [3.63, 3.8) is 0 Å². The van der Waals surface area contributed by atoms with E-state index >= 15 is 0 Å². The van der Waals surface area contributed by atoms with E-state index in [1.54, 1.807) is 24.3 Å². The molecule has 0 aliphatic carbocycles. The summed E-state index contributed by atoms with van der Waals surface area (Å²) in [5.74, 6) is -0.800. The Labute approximate surface area is 128 Å². The molecular weight excluding hydrogens is 302 g/mol. The van der Waals surface area contributed by atoms with Crippen LogP contribution in [0, 0.1) is 10.1 Å². The number of hydrogen-bond donors (Lipinski definition) is 0. The molecule has 23 heavy (non-hydrogen) atoms. The van der Waals surface area contributed by atoms with Crippen molar-refractivity contribution in [3.05, 3.63) is 80.7 Å². The highest BCUT2D eigenvalue weighted by Crippen LogP contribution is 2.19. The van der Waals surface area contributed by atoms with Gasteiger partial charge in [-0.1, -0.05) is 18.2 Å². The van der Waals surface area contributed by atoms with E-state index in [9.17, 15) is 19.7 Å². The summed E-state index contributed by atoms with van der Waals surface area (Å²) in [4.78, 5) is 33.9. The van der Waals surface area contributed by atoms with Gasteiger partial charge in [-0.15, -0.1) is 0 Å². The first-order valence-corrected chi connectivity index (χ1v) is 6.54. The molecule has 0 fully saturated rings. The van der Waals surface area contributed by atoms with Crippen molar-refractivity contribution in [1.29, 1.82) is 0 Å². The Morgan fingerprint density at radius 1 is 1.09 bits per heavy atom. The van der Waals surface area contributed by atoms with Crippen LogP contribution in [0.2, 0.25) is 0 Å². The van der Waals surface area contributed by atoms with Crippen molar-refractivity contribution in [2.45, 2.75) is 0 Å². The van der Waals surface area contributed by atoms with E-state index < -0.39 is 16.5 Å². The van der Waals surface area contributed by atoms with Gasteiger partial charge in [-0.3, -0.25) is 10.1 Å². The number of carbonyl (C=O) groups is 1. The number of hydrogen-bond acceptors (Lipinski definition) is 6. The second-order valence-corrected chi connectivity index (χ2v) is 4.63. The topological polar surface area (TPSA) is 99.7 Å². The molecule has 0 aliphatic heterocycles. The molecule has 3 rings (SSSR count). The molecule has 0 N–H and O–H groups in total. The molecular formula is C16H9NO6. The van der Waals surface area contributed by atoms with Crippen molar-refractivity contribution in [3.8, 4) is 5.75 Å². The van der Waals surface area contributed by atoms with E-state index in [1.165, 1.54) is 30.3 Å². The van der Waals surface area contributed by atoms with Gasteiger partial charge in [-0.2, -0.15) is 0 Å². The smallest absolute Gasteiger partial charge is 0.351 e. The second kappa shape index (κ2) is 5.72. The van der Waals surface area contributed by atoms with E-state index in [1.807, 2.05) is 0 Å². The zero-order chi connectivity index (χ0) is 16.4. The third-order valence-electron chi connectivity index (χ3n) is 3.12. The molecule has 0 saturated heterocycles. The van der Waals surface area contributed by atoms with Crippen LogP contribution in [-0.2, 0) is 0 Å². The minimum Gasteiger partial charge on any atom is -0.423 e. The van der Waals surface area contributed by atoms with Crippen LogP contribution in [0.15, 0.2) is 63.8 Å². The summed E-state index contributed by atoms with van der Waals surface area (Å²) in [6, 6.07) is 13.1. The van der Waals surface area contributed by atoms with Crippen molar-refractivity contribution in [2.75, 3.05) is 0 Å². The molecule has 7 nitrogen and oxygen atoms in total. The Morgan fingerprint density at radius 3 is 2.48 bits per heavy atom. The standard InChI is InChI=1S/C16H9NO6/c18-15(22-12-7-5-11(6-8-12)17(20)21)13-9-10-3-1-2-4-14(10)23-16(13)19/h1-9H. The fraction of sp³-hybridized carbons (Fsp3) is 0. The Balaban J connectivity index is 1.89. The van der Waals surface area contributed by atoms with Gasteiger partial charge in [-0.05, 0) is 24.3 Å². The first-order chi connectivity index (χ1) is 11.0. The summed E-state index contributed by atoms with van der Waals surface area (Å²) in [6.45, 7) is 0. The predicted octanol–water partition coefficient (Wildman–Crippen LogP) is 2.92. The number of nitro groups is 1. The maximum Gasteiger partial charge on any atom is 0.351 e. The minimum absolute atomic E-state index is 0.0909. The van der Waals surface area contributed by atoms with Gasteiger partial charge in [-0.25, -0.2) is 9.59 Å². The van der Waals surface area contributed by atoms with Gasteiger partial charge in [0.05, 0.1) is 4.92 Å². The van der Waals surface area contributed by atoms with Crippen LogP contribution in [0.3, 0.4) is 0 Å². The number of benzene rings is 2. The average Bonchev–Trinajstić information content (AvgIpc) is 2.54. The lowest BCUT2D eigenvalue weighted by atomic mass is 10.2. The number of nitrogens with zero attached hydrogens (tertiary/aromatic N) is 1. The zero-order valence-electron chi connectivity index (χ0n) is 11.6. The first-order valence-electron chi connectivity index (χ1n) is 6.54. The highest BCUT2D eigenvalue weighted by molar-refractivity contribution is 5.94. The number of ether oxygens (including phenoxy) is 1. The van der Waals surface area contributed by atoms with E-state index in [4.69, 9.17) is 9.15 Å². The summed E-state index contributed by atoms with van der Waals surface area (Å²) in [5, 5.41) is 11.2. The maximum absolute atomic E-state index is 12.1. The lowest BCUT2D eigenvalue weighted by Gasteiger charge is -2.04.